The van der Waals surface area contributed by atoms with E-state index in [1.165, 1.54) is 0 Å². The van der Waals surface area contributed by atoms with Gasteiger partial charge >= 0.3 is 18.9 Å². The van der Waals surface area contributed by atoms with Gasteiger partial charge in [0.1, 0.15) is 0 Å². The van der Waals surface area contributed by atoms with Crippen molar-refractivity contribution in [2.45, 2.75) is 6.04 Å². The average molecular weight is 157 g/mol. The molecule has 12 heavy (non-hydrogen) atoms. The molecule has 0 unspecified atom stereocenters. The first kappa shape index (κ1) is 11.2. The van der Waals surface area contributed by atoms with E-state index < -0.39 is 12.0 Å². The Morgan fingerprint density at radius 1 is 1.33 bits per heavy atom. The van der Waals surface area contributed by atoms with E-state index >= 15 is 0 Å². The Bertz CT molecular complexity index is 250. The molecule has 0 saturated carbocycles. The number of carboxylic acid groups (broad SMARTS) is 1. The van der Waals surface area contributed by atoms with Crippen LogP contribution < -0.4 is 29.7 Å². The van der Waals surface area contributed by atoms with E-state index in [9.17, 15) is 9.90 Å². The van der Waals surface area contributed by atoms with Crippen LogP contribution in [0, 0.1) is 0 Å². The van der Waals surface area contributed by atoms with Gasteiger partial charge in [-0.2, -0.15) is 0 Å². The maximum absolute atomic E-state index is 10.3. The van der Waals surface area contributed by atoms with Crippen LogP contribution in [0.15, 0.2) is 30.3 Å². The number of benzene rings is 1. The number of nitrogens with two attached hydrogens (primary N) is 1. The SMILES string of the molecule is N[C@@H](C(=O)[O-])c1ccccc1.[Li+]. The van der Waals surface area contributed by atoms with Crippen molar-refractivity contribution in [2.24, 2.45) is 5.73 Å². The molecule has 1 aromatic carbocycles. The summed E-state index contributed by atoms with van der Waals surface area (Å²) < 4.78 is 0. The molecule has 1 atom stereocenters. The normalized spacial score (nSPS) is 11.4. The zero-order valence-corrected chi connectivity index (χ0v) is 6.86. The molecule has 0 saturated heterocycles. The number of carboxylic acids is 1. The Hall–Kier alpha value is -0.753. The van der Waals surface area contributed by atoms with E-state index in [0.717, 1.165) is 0 Å². The predicted molar refractivity (Wildman–Crippen MR) is 38.4 cm³/mol. The zero-order valence-electron chi connectivity index (χ0n) is 6.86. The van der Waals surface area contributed by atoms with Crippen molar-refractivity contribution in [2.75, 3.05) is 0 Å². The topological polar surface area (TPSA) is 66.2 Å². The van der Waals surface area contributed by atoms with Crippen LogP contribution in [-0.4, -0.2) is 5.97 Å². The summed E-state index contributed by atoms with van der Waals surface area (Å²) in [5.74, 6) is -1.25. The second-order valence-electron chi connectivity index (χ2n) is 2.21. The van der Waals surface area contributed by atoms with E-state index in [4.69, 9.17) is 5.73 Å². The molecule has 4 heteroatoms. The predicted octanol–water partition coefficient (Wildman–Crippen LogP) is -3.56. The summed E-state index contributed by atoms with van der Waals surface area (Å²) in [6.45, 7) is 0. The monoisotopic (exact) mass is 157 g/mol. The fourth-order valence-electron chi connectivity index (χ4n) is 0.796. The second kappa shape index (κ2) is 4.99. The van der Waals surface area contributed by atoms with E-state index in [-0.39, 0.29) is 18.9 Å². The first-order chi connectivity index (χ1) is 5.22. The number of hydrogen-bond acceptors (Lipinski definition) is 3. The fraction of sp³-hybridized carbons (Fsp3) is 0.125. The van der Waals surface area contributed by atoms with Crippen LogP contribution >= 0.6 is 0 Å². The first-order valence-electron chi connectivity index (χ1n) is 3.23. The molecule has 0 aromatic heterocycles. The average Bonchev–Trinajstić information content (AvgIpc) is 2.05. The quantitative estimate of drug-likeness (QED) is 0.452. The Morgan fingerprint density at radius 2 is 1.83 bits per heavy atom. The van der Waals surface area contributed by atoms with Crippen molar-refractivity contribution in [3.8, 4) is 0 Å². The number of aliphatic carboxylic acids is 1. The molecule has 0 fully saturated rings. The summed E-state index contributed by atoms with van der Waals surface area (Å²) in [5, 5.41) is 10.3. The van der Waals surface area contributed by atoms with Gasteiger partial charge in [-0.05, 0) is 5.56 Å². The van der Waals surface area contributed by atoms with Gasteiger partial charge in [-0.3, -0.25) is 0 Å². The van der Waals surface area contributed by atoms with Crippen LogP contribution in [0.5, 0.6) is 0 Å². The molecule has 0 aliphatic carbocycles. The number of carbonyl (C=O) groups is 1. The molecule has 0 aliphatic heterocycles. The number of rotatable bonds is 2. The van der Waals surface area contributed by atoms with Crippen molar-refractivity contribution in [3.05, 3.63) is 35.9 Å². The summed E-state index contributed by atoms with van der Waals surface area (Å²) in [4.78, 5) is 10.3. The first-order valence-corrected chi connectivity index (χ1v) is 3.23. The minimum Gasteiger partial charge on any atom is -0.548 e. The standard InChI is InChI=1S/C8H9NO2.Li/c9-7(8(10)11)6-4-2-1-3-5-6;/h1-5,7H,9H2,(H,10,11);/q;+1/p-1/t7-;/m1./s1. The van der Waals surface area contributed by atoms with Gasteiger partial charge in [0, 0.05) is 0 Å². The molecule has 58 valence electrons. The zero-order chi connectivity index (χ0) is 8.27. The molecule has 0 amide bonds. The number of hydrogen-bond donors (Lipinski definition) is 1. The minimum absolute atomic E-state index is 0. The molecular formula is C8H8LiNO2. The molecule has 0 aliphatic rings. The van der Waals surface area contributed by atoms with Crippen LogP contribution in [0.4, 0.5) is 0 Å². The summed E-state index contributed by atoms with van der Waals surface area (Å²) in [6, 6.07) is 7.55. The summed E-state index contributed by atoms with van der Waals surface area (Å²) in [7, 11) is 0. The Kier molecular flexibility index (Phi) is 4.68. The molecule has 0 bridgehead atoms. The van der Waals surface area contributed by atoms with Gasteiger partial charge in [0.15, 0.2) is 0 Å². The van der Waals surface area contributed by atoms with Gasteiger partial charge in [-0.15, -0.1) is 0 Å². The van der Waals surface area contributed by atoms with Gasteiger partial charge in [0.25, 0.3) is 0 Å². The van der Waals surface area contributed by atoms with Crippen LogP contribution in [0.2, 0.25) is 0 Å². The third-order valence-corrected chi connectivity index (χ3v) is 1.41. The number of carbonyl (C=O) groups excluding carboxylic acids is 1. The maximum atomic E-state index is 10.3. The molecule has 1 rings (SSSR count). The summed E-state index contributed by atoms with van der Waals surface area (Å²) in [6.07, 6.45) is 0. The van der Waals surface area contributed by atoms with Gasteiger partial charge in [0.05, 0.1) is 12.0 Å². The van der Waals surface area contributed by atoms with E-state index in [1.807, 2.05) is 0 Å². The van der Waals surface area contributed by atoms with Gasteiger partial charge in [-0.1, -0.05) is 30.3 Å². The third-order valence-electron chi connectivity index (χ3n) is 1.41. The summed E-state index contributed by atoms with van der Waals surface area (Å²) >= 11 is 0. The van der Waals surface area contributed by atoms with E-state index in [2.05, 4.69) is 0 Å². The second-order valence-corrected chi connectivity index (χ2v) is 2.21. The molecule has 3 nitrogen and oxygen atoms in total. The third kappa shape index (κ3) is 2.71. The van der Waals surface area contributed by atoms with Crippen LogP contribution in [0.1, 0.15) is 11.6 Å². The van der Waals surface area contributed by atoms with Crippen molar-refractivity contribution in [1.82, 2.24) is 0 Å². The molecule has 0 spiro atoms. The molecular weight excluding hydrogens is 149 g/mol. The van der Waals surface area contributed by atoms with Crippen LogP contribution in [0.25, 0.3) is 0 Å². The smallest absolute Gasteiger partial charge is 0.548 e. The van der Waals surface area contributed by atoms with Crippen molar-refractivity contribution < 1.29 is 28.8 Å². The van der Waals surface area contributed by atoms with Gasteiger partial charge in [-0.25, -0.2) is 0 Å². The van der Waals surface area contributed by atoms with E-state index in [0.29, 0.717) is 5.56 Å². The fourth-order valence-corrected chi connectivity index (χ4v) is 0.796. The van der Waals surface area contributed by atoms with E-state index in [1.54, 1.807) is 30.3 Å². The largest absolute Gasteiger partial charge is 1.00 e. The van der Waals surface area contributed by atoms with Crippen molar-refractivity contribution in [3.63, 3.8) is 0 Å². The van der Waals surface area contributed by atoms with Crippen LogP contribution in [0.3, 0.4) is 0 Å². The molecule has 0 heterocycles. The Morgan fingerprint density at radius 3 is 2.25 bits per heavy atom. The molecule has 1 aromatic rings. The Labute approximate surface area is 82.8 Å². The van der Waals surface area contributed by atoms with Crippen LogP contribution in [-0.2, 0) is 4.79 Å². The maximum Gasteiger partial charge on any atom is 1.00 e. The summed E-state index contributed by atoms with van der Waals surface area (Å²) in [5.41, 5.74) is 5.84. The molecule has 0 radical (unpaired) electrons. The Balaban J connectivity index is 0.00000121. The van der Waals surface area contributed by atoms with Crippen molar-refractivity contribution in [1.29, 1.82) is 0 Å². The van der Waals surface area contributed by atoms with Crippen molar-refractivity contribution >= 4 is 5.97 Å². The van der Waals surface area contributed by atoms with Gasteiger partial charge < -0.3 is 15.6 Å². The molecule has 2 N–H and O–H groups in total. The minimum atomic E-state index is -1.25. The van der Waals surface area contributed by atoms with Gasteiger partial charge in [0.2, 0.25) is 0 Å².